The molecular weight excluding hydrogens is 294 g/mol. The van der Waals surface area contributed by atoms with Crippen molar-refractivity contribution in [3.8, 4) is 11.5 Å². The summed E-state index contributed by atoms with van der Waals surface area (Å²) in [5.74, 6) is 2.66. The van der Waals surface area contributed by atoms with Crippen LogP contribution >= 0.6 is 0 Å². The molecule has 1 aromatic heterocycles. The smallest absolute Gasteiger partial charge is 0.229 e. The highest BCUT2D eigenvalue weighted by Crippen LogP contribution is 2.31. The van der Waals surface area contributed by atoms with Crippen LogP contribution < -0.4 is 25.4 Å². The molecule has 0 saturated carbocycles. The van der Waals surface area contributed by atoms with Gasteiger partial charge >= 0.3 is 0 Å². The van der Waals surface area contributed by atoms with Gasteiger partial charge in [-0.25, -0.2) is 4.98 Å². The Hall–Kier alpha value is -2.54. The van der Waals surface area contributed by atoms with Gasteiger partial charge in [0.25, 0.3) is 0 Å². The quantitative estimate of drug-likeness (QED) is 0.612. The second kappa shape index (κ2) is 8.79. The summed E-state index contributed by atoms with van der Waals surface area (Å²) in [6.45, 7) is 1.53. The number of anilines is 3. The van der Waals surface area contributed by atoms with Gasteiger partial charge in [0.1, 0.15) is 5.82 Å². The molecule has 0 atom stereocenters. The van der Waals surface area contributed by atoms with E-state index in [1.807, 2.05) is 32.3 Å². The maximum Gasteiger partial charge on any atom is 0.229 e. The van der Waals surface area contributed by atoms with Crippen LogP contribution in [0.4, 0.5) is 17.5 Å². The van der Waals surface area contributed by atoms with Crippen LogP contribution in [0.25, 0.3) is 0 Å². The Balaban J connectivity index is 2.09. The Bertz CT molecular complexity index is 621. The van der Waals surface area contributed by atoms with Crippen LogP contribution in [0, 0.1) is 0 Å². The van der Waals surface area contributed by atoms with Gasteiger partial charge in [-0.3, -0.25) is 0 Å². The molecule has 1 aromatic carbocycles. The molecule has 0 unspecified atom stereocenters. The summed E-state index contributed by atoms with van der Waals surface area (Å²) < 4.78 is 11.1. The van der Waals surface area contributed by atoms with E-state index < -0.39 is 0 Å². The second-order valence-electron chi connectivity index (χ2n) is 4.81. The minimum Gasteiger partial charge on any atom is -0.493 e. The van der Waals surface area contributed by atoms with E-state index in [1.165, 1.54) is 0 Å². The van der Waals surface area contributed by atoms with Crippen molar-refractivity contribution >= 4 is 17.5 Å². The normalized spacial score (nSPS) is 10.2. The maximum atomic E-state index is 5.80. The highest BCUT2D eigenvalue weighted by Gasteiger charge is 2.07. The highest BCUT2D eigenvalue weighted by atomic mass is 16.5. The predicted octanol–water partition coefficient (Wildman–Crippen LogP) is 2.26. The van der Waals surface area contributed by atoms with E-state index >= 15 is 0 Å². The minimum atomic E-state index is 0.517. The molecule has 7 nitrogen and oxygen atoms in total. The fraction of sp³-hybridized carbons (Fsp3) is 0.375. The summed E-state index contributed by atoms with van der Waals surface area (Å²) in [5.41, 5.74) is 0.836. The number of hydrogen-bond donors (Lipinski definition) is 3. The van der Waals surface area contributed by atoms with Crippen molar-refractivity contribution in [1.82, 2.24) is 15.3 Å². The summed E-state index contributed by atoms with van der Waals surface area (Å²) in [6, 6.07) is 7.44. The van der Waals surface area contributed by atoms with Crippen molar-refractivity contribution in [3.05, 3.63) is 30.5 Å². The average molecular weight is 317 g/mol. The summed E-state index contributed by atoms with van der Waals surface area (Å²) >= 11 is 0. The van der Waals surface area contributed by atoms with Gasteiger partial charge < -0.3 is 25.4 Å². The van der Waals surface area contributed by atoms with Crippen molar-refractivity contribution in [3.63, 3.8) is 0 Å². The van der Waals surface area contributed by atoms with Gasteiger partial charge in [0.15, 0.2) is 11.5 Å². The monoisotopic (exact) mass is 317 g/mol. The van der Waals surface area contributed by atoms with E-state index in [9.17, 15) is 0 Å². The molecule has 7 heteroatoms. The van der Waals surface area contributed by atoms with Crippen LogP contribution in [-0.2, 0) is 0 Å². The fourth-order valence-electron chi connectivity index (χ4n) is 1.99. The molecule has 0 saturated heterocycles. The zero-order chi connectivity index (χ0) is 16.5. The summed E-state index contributed by atoms with van der Waals surface area (Å²) in [7, 11) is 5.36. The highest BCUT2D eigenvalue weighted by molar-refractivity contribution is 5.60. The topological polar surface area (TPSA) is 80.3 Å². The van der Waals surface area contributed by atoms with E-state index in [1.54, 1.807) is 19.4 Å². The number of nitrogens with one attached hydrogen (secondary N) is 3. The minimum absolute atomic E-state index is 0.517. The molecule has 0 fully saturated rings. The lowest BCUT2D eigenvalue weighted by atomic mass is 10.2. The first-order chi connectivity index (χ1) is 11.3. The largest absolute Gasteiger partial charge is 0.493 e. The SMILES string of the molecule is CNCCCOc1cc(Nc2nccc(NC)n2)ccc1OC. The Morgan fingerprint density at radius 1 is 1.13 bits per heavy atom. The lowest BCUT2D eigenvalue weighted by Crippen LogP contribution is -2.11. The van der Waals surface area contributed by atoms with E-state index in [0.29, 0.717) is 24.1 Å². The summed E-state index contributed by atoms with van der Waals surface area (Å²) in [5, 5.41) is 9.23. The van der Waals surface area contributed by atoms with Gasteiger partial charge in [0, 0.05) is 25.0 Å². The van der Waals surface area contributed by atoms with Crippen molar-refractivity contribution in [1.29, 1.82) is 0 Å². The van der Waals surface area contributed by atoms with Gasteiger partial charge in [-0.1, -0.05) is 0 Å². The summed E-state index contributed by atoms with van der Waals surface area (Å²) in [4.78, 5) is 8.53. The van der Waals surface area contributed by atoms with Crippen LogP contribution in [0.3, 0.4) is 0 Å². The van der Waals surface area contributed by atoms with E-state index in [0.717, 1.165) is 24.5 Å². The molecule has 3 N–H and O–H groups in total. The van der Waals surface area contributed by atoms with E-state index in [-0.39, 0.29) is 0 Å². The van der Waals surface area contributed by atoms with Gasteiger partial charge in [0.05, 0.1) is 13.7 Å². The third-order valence-electron chi connectivity index (χ3n) is 3.16. The first kappa shape index (κ1) is 16.8. The number of methoxy groups -OCH3 is 1. The molecule has 124 valence electrons. The number of benzene rings is 1. The number of hydrogen-bond acceptors (Lipinski definition) is 7. The molecule has 0 radical (unpaired) electrons. The lowest BCUT2D eigenvalue weighted by Gasteiger charge is -2.13. The van der Waals surface area contributed by atoms with Gasteiger partial charge in [0.2, 0.25) is 5.95 Å². The van der Waals surface area contributed by atoms with E-state index in [4.69, 9.17) is 9.47 Å². The molecule has 0 spiro atoms. The first-order valence-electron chi connectivity index (χ1n) is 7.50. The molecule has 0 aliphatic heterocycles. The van der Waals surface area contributed by atoms with Crippen LogP contribution in [0.15, 0.2) is 30.5 Å². The van der Waals surface area contributed by atoms with Crippen LogP contribution in [-0.4, -0.2) is 44.3 Å². The van der Waals surface area contributed by atoms with Crippen molar-refractivity contribution in [2.24, 2.45) is 0 Å². The molecule has 0 bridgehead atoms. The third-order valence-corrected chi connectivity index (χ3v) is 3.16. The van der Waals surface area contributed by atoms with Gasteiger partial charge in [-0.05, 0) is 38.2 Å². The van der Waals surface area contributed by atoms with Crippen molar-refractivity contribution < 1.29 is 9.47 Å². The number of aromatic nitrogens is 2. The fourth-order valence-corrected chi connectivity index (χ4v) is 1.99. The van der Waals surface area contributed by atoms with Crippen molar-refractivity contribution in [2.45, 2.75) is 6.42 Å². The molecular formula is C16H23N5O2. The second-order valence-corrected chi connectivity index (χ2v) is 4.81. The molecule has 1 heterocycles. The number of rotatable bonds is 9. The third kappa shape index (κ3) is 5.00. The standard InChI is InChI=1S/C16H23N5O2/c1-17-8-4-10-23-14-11-12(5-6-13(14)22-3)20-16-19-9-7-15(18-2)21-16/h5-7,9,11,17H,4,8,10H2,1-3H3,(H2,18,19,20,21). The van der Waals surface area contributed by atoms with E-state index in [2.05, 4.69) is 25.9 Å². The lowest BCUT2D eigenvalue weighted by molar-refractivity contribution is 0.289. The summed E-state index contributed by atoms with van der Waals surface area (Å²) in [6.07, 6.45) is 2.62. The molecule has 0 amide bonds. The molecule has 0 aliphatic rings. The molecule has 2 aromatic rings. The Kier molecular flexibility index (Phi) is 6.43. The average Bonchev–Trinajstić information content (AvgIpc) is 2.59. The first-order valence-corrected chi connectivity index (χ1v) is 7.50. The zero-order valence-corrected chi connectivity index (χ0v) is 13.7. The van der Waals surface area contributed by atoms with Gasteiger partial charge in [-0.2, -0.15) is 4.98 Å². The van der Waals surface area contributed by atoms with Crippen LogP contribution in [0.1, 0.15) is 6.42 Å². The maximum absolute atomic E-state index is 5.80. The number of ether oxygens (including phenoxy) is 2. The van der Waals surface area contributed by atoms with Crippen LogP contribution in [0.2, 0.25) is 0 Å². The van der Waals surface area contributed by atoms with Gasteiger partial charge in [-0.15, -0.1) is 0 Å². The predicted molar refractivity (Wildman–Crippen MR) is 91.9 cm³/mol. The number of nitrogens with zero attached hydrogens (tertiary/aromatic N) is 2. The zero-order valence-electron chi connectivity index (χ0n) is 13.7. The van der Waals surface area contributed by atoms with Crippen molar-refractivity contribution in [2.75, 3.05) is 45.0 Å². The molecule has 23 heavy (non-hydrogen) atoms. The molecule has 0 aliphatic carbocycles. The molecule has 2 rings (SSSR count). The Morgan fingerprint density at radius 2 is 2.00 bits per heavy atom. The van der Waals surface area contributed by atoms with Crippen LogP contribution in [0.5, 0.6) is 11.5 Å². The Morgan fingerprint density at radius 3 is 2.74 bits per heavy atom. The Labute approximate surface area is 136 Å².